The van der Waals surface area contributed by atoms with E-state index in [0.717, 1.165) is 37.5 Å². The molecule has 1 aromatic carbocycles. The lowest BCUT2D eigenvalue weighted by molar-refractivity contribution is 0.252. The number of nitrogens with one attached hydrogen (secondary N) is 1. The Morgan fingerprint density at radius 3 is 3.12 bits per heavy atom. The standard InChI is InChI=1S/C13H19NO2/c1-3-7-14-12-6-8-16-13-5-4-10(15-2)9-11(12)13/h4-5,9,12,14H,3,6-8H2,1-2H3. The van der Waals surface area contributed by atoms with Crippen LogP contribution in [0.15, 0.2) is 18.2 Å². The summed E-state index contributed by atoms with van der Waals surface area (Å²) in [7, 11) is 1.69. The van der Waals surface area contributed by atoms with Crippen molar-refractivity contribution in [2.24, 2.45) is 0 Å². The van der Waals surface area contributed by atoms with E-state index in [1.807, 2.05) is 12.1 Å². The van der Waals surface area contributed by atoms with Crippen LogP contribution in [0, 0.1) is 0 Å². The predicted octanol–water partition coefficient (Wildman–Crippen LogP) is 2.52. The average molecular weight is 221 g/mol. The zero-order valence-corrected chi connectivity index (χ0v) is 9.95. The maximum absolute atomic E-state index is 5.64. The van der Waals surface area contributed by atoms with E-state index in [4.69, 9.17) is 9.47 Å². The van der Waals surface area contributed by atoms with Crippen molar-refractivity contribution in [3.05, 3.63) is 23.8 Å². The van der Waals surface area contributed by atoms with Crippen LogP contribution in [-0.4, -0.2) is 20.3 Å². The summed E-state index contributed by atoms with van der Waals surface area (Å²) < 4.78 is 10.9. The molecule has 16 heavy (non-hydrogen) atoms. The molecule has 1 aromatic rings. The second-order valence-corrected chi connectivity index (χ2v) is 4.05. The summed E-state index contributed by atoms with van der Waals surface area (Å²) in [5.74, 6) is 1.88. The van der Waals surface area contributed by atoms with Gasteiger partial charge in [0.15, 0.2) is 0 Å². The molecule has 0 saturated carbocycles. The SMILES string of the molecule is CCCNC1CCOc2ccc(OC)cc21. The fourth-order valence-electron chi connectivity index (χ4n) is 2.03. The van der Waals surface area contributed by atoms with E-state index in [2.05, 4.69) is 18.3 Å². The molecule has 0 aliphatic carbocycles. The molecule has 0 radical (unpaired) electrons. The Balaban J connectivity index is 2.21. The molecule has 1 atom stereocenters. The third-order valence-electron chi connectivity index (χ3n) is 2.90. The quantitative estimate of drug-likeness (QED) is 0.847. The summed E-state index contributed by atoms with van der Waals surface area (Å²) in [6.07, 6.45) is 2.18. The summed E-state index contributed by atoms with van der Waals surface area (Å²) in [5, 5.41) is 3.54. The maximum atomic E-state index is 5.64. The molecule has 0 bridgehead atoms. The first-order valence-electron chi connectivity index (χ1n) is 5.89. The molecule has 1 aliphatic rings. The highest BCUT2D eigenvalue weighted by atomic mass is 16.5. The van der Waals surface area contributed by atoms with E-state index < -0.39 is 0 Å². The topological polar surface area (TPSA) is 30.5 Å². The van der Waals surface area contributed by atoms with Crippen LogP contribution in [0.4, 0.5) is 0 Å². The molecule has 1 N–H and O–H groups in total. The van der Waals surface area contributed by atoms with Gasteiger partial charge in [0.25, 0.3) is 0 Å². The molecule has 1 heterocycles. The Hall–Kier alpha value is -1.22. The van der Waals surface area contributed by atoms with Crippen molar-refractivity contribution < 1.29 is 9.47 Å². The number of hydrogen-bond acceptors (Lipinski definition) is 3. The third-order valence-corrected chi connectivity index (χ3v) is 2.90. The lowest BCUT2D eigenvalue weighted by Gasteiger charge is -2.27. The van der Waals surface area contributed by atoms with Crippen molar-refractivity contribution in [2.75, 3.05) is 20.3 Å². The molecule has 2 rings (SSSR count). The molecule has 0 saturated heterocycles. The smallest absolute Gasteiger partial charge is 0.124 e. The summed E-state index contributed by atoms with van der Waals surface area (Å²) >= 11 is 0. The Morgan fingerprint density at radius 1 is 1.50 bits per heavy atom. The van der Waals surface area contributed by atoms with Crippen LogP contribution in [0.3, 0.4) is 0 Å². The van der Waals surface area contributed by atoms with Gasteiger partial charge in [0, 0.05) is 18.0 Å². The number of benzene rings is 1. The van der Waals surface area contributed by atoms with E-state index in [0.29, 0.717) is 6.04 Å². The van der Waals surface area contributed by atoms with Gasteiger partial charge in [-0.05, 0) is 31.2 Å². The van der Waals surface area contributed by atoms with Crippen LogP contribution in [0.25, 0.3) is 0 Å². The van der Waals surface area contributed by atoms with Gasteiger partial charge in [0.1, 0.15) is 11.5 Å². The molecular weight excluding hydrogens is 202 g/mol. The molecule has 88 valence electrons. The zero-order chi connectivity index (χ0) is 11.4. The number of rotatable bonds is 4. The summed E-state index contributed by atoms with van der Waals surface area (Å²) in [6, 6.07) is 6.41. The van der Waals surface area contributed by atoms with E-state index in [9.17, 15) is 0 Å². The highest BCUT2D eigenvalue weighted by Gasteiger charge is 2.21. The third kappa shape index (κ3) is 2.30. The number of hydrogen-bond donors (Lipinski definition) is 1. The lowest BCUT2D eigenvalue weighted by Crippen LogP contribution is -2.27. The lowest BCUT2D eigenvalue weighted by atomic mass is 10.00. The van der Waals surface area contributed by atoms with E-state index in [1.165, 1.54) is 5.56 Å². The van der Waals surface area contributed by atoms with Crippen LogP contribution >= 0.6 is 0 Å². The van der Waals surface area contributed by atoms with Gasteiger partial charge in [0.2, 0.25) is 0 Å². The van der Waals surface area contributed by atoms with Crippen molar-refractivity contribution in [3.63, 3.8) is 0 Å². The van der Waals surface area contributed by atoms with Gasteiger partial charge in [-0.1, -0.05) is 6.92 Å². The number of ether oxygens (including phenoxy) is 2. The zero-order valence-electron chi connectivity index (χ0n) is 9.95. The molecule has 0 spiro atoms. The number of methoxy groups -OCH3 is 1. The molecule has 1 aliphatic heterocycles. The molecule has 3 nitrogen and oxygen atoms in total. The van der Waals surface area contributed by atoms with Gasteiger partial charge < -0.3 is 14.8 Å². The predicted molar refractivity (Wildman–Crippen MR) is 64.1 cm³/mol. The second-order valence-electron chi connectivity index (χ2n) is 4.05. The van der Waals surface area contributed by atoms with Crippen molar-refractivity contribution in [1.29, 1.82) is 0 Å². The summed E-state index contributed by atoms with van der Waals surface area (Å²) in [6.45, 7) is 4.01. The number of fused-ring (bicyclic) bond motifs is 1. The van der Waals surface area contributed by atoms with E-state index >= 15 is 0 Å². The summed E-state index contributed by atoms with van der Waals surface area (Å²) in [5.41, 5.74) is 1.22. The summed E-state index contributed by atoms with van der Waals surface area (Å²) in [4.78, 5) is 0. The molecular formula is C13H19NO2. The monoisotopic (exact) mass is 221 g/mol. The first kappa shape index (κ1) is 11.3. The molecule has 0 aromatic heterocycles. The minimum atomic E-state index is 0.402. The van der Waals surface area contributed by atoms with Gasteiger partial charge in [0.05, 0.1) is 13.7 Å². The molecule has 3 heteroatoms. The fraction of sp³-hybridized carbons (Fsp3) is 0.538. The Kier molecular flexibility index (Phi) is 3.67. The minimum Gasteiger partial charge on any atom is -0.497 e. The molecule has 0 amide bonds. The highest BCUT2D eigenvalue weighted by molar-refractivity contribution is 5.43. The van der Waals surface area contributed by atoms with Crippen LogP contribution in [-0.2, 0) is 0 Å². The van der Waals surface area contributed by atoms with Crippen LogP contribution in [0.1, 0.15) is 31.4 Å². The molecule has 0 fully saturated rings. The van der Waals surface area contributed by atoms with Crippen molar-refractivity contribution in [2.45, 2.75) is 25.8 Å². The van der Waals surface area contributed by atoms with Gasteiger partial charge in [-0.3, -0.25) is 0 Å². The first-order valence-corrected chi connectivity index (χ1v) is 5.89. The van der Waals surface area contributed by atoms with Gasteiger partial charge in [-0.2, -0.15) is 0 Å². The van der Waals surface area contributed by atoms with Crippen molar-refractivity contribution in [3.8, 4) is 11.5 Å². The molecule has 1 unspecified atom stereocenters. The van der Waals surface area contributed by atoms with Gasteiger partial charge in [-0.25, -0.2) is 0 Å². The minimum absolute atomic E-state index is 0.402. The van der Waals surface area contributed by atoms with Crippen LogP contribution in [0.5, 0.6) is 11.5 Å². The first-order chi connectivity index (χ1) is 7.85. The van der Waals surface area contributed by atoms with Crippen molar-refractivity contribution >= 4 is 0 Å². The largest absolute Gasteiger partial charge is 0.497 e. The van der Waals surface area contributed by atoms with Gasteiger partial charge >= 0.3 is 0 Å². The van der Waals surface area contributed by atoms with E-state index in [1.54, 1.807) is 7.11 Å². The van der Waals surface area contributed by atoms with Crippen molar-refractivity contribution in [1.82, 2.24) is 5.32 Å². The highest BCUT2D eigenvalue weighted by Crippen LogP contribution is 2.34. The average Bonchev–Trinajstić information content (AvgIpc) is 2.35. The Labute approximate surface area is 96.8 Å². The van der Waals surface area contributed by atoms with Gasteiger partial charge in [-0.15, -0.1) is 0 Å². The maximum Gasteiger partial charge on any atom is 0.124 e. The normalized spacial score (nSPS) is 18.8. The second kappa shape index (κ2) is 5.21. The van der Waals surface area contributed by atoms with Crippen LogP contribution in [0.2, 0.25) is 0 Å². The fourth-order valence-corrected chi connectivity index (χ4v) is 2.03. The van der Waals surface area contributed by atoms with E-state index in [-0.39, 0.29) is 0 Å². The Morgan fingerprint density at radius 2 is 2.38 bits per heavy atom. The van der Waals surface area contributed by atoms with Crippen LogP contribution < -0.4 is 14.8 Å². The Bertz CT molecular complexity index is 352.